The highest BCUT2D eigenvalue weighted by Crippen LogP contribution is 2.26. The molecule has 4 rings (SSSR count). The third-order valence-corrected chi connectivity index (χ3v) is 4.78. The summed E-state index contributed by atoms with van der Waals surface area (Å²) >= 11 is 0. The lowest BCUT2D eigenvalue weighted by Gasteiger charge is -2.01. The summed E-state index contributed by atoms with van der Waals surface area (Å²) in [5, 5.41) is 30.6. The Morgan fingerprint density at radius 3 is 2.29 bits per heavy atom. The highest BCUT2D eigenvalue weighted by molar-refractivity contribution is 5.96. The van der Waals surface area contributed by atoms with Crippen molar-refractivity contribution >= 4 is 23.5 Å². The Morgan fingerprint density at radius 1 is 0.912 bits per heavy atom. The molecule has 1 heterocycles. The van der Waals surface area contributed by atoms with Crippen molar-refractivity contribution in [2.45, 2.75) is 0 Å². The van der Waals surface area contributed by atoms with Crippen molar-refractivity contribution in [3.05, 3.63) is 116 Å². The monoisotopic (exact) mass is 456 g/mol. The maximum atomic E-state index is 12.4. The van der Waals surface area contributed by atoms with Crippen LogP contribution < -0.4 is 5.43 Å². The van der Waals surface area contributed by atoms with E-state index in [1.54, 1.807) is 23.0 Å². The number of carbonyl (C=O) groups is 1. The van der Waals surface area contributed by atoms with Gasteiger partial charge >= 0.3 is 0 Å². The van der Waals surface area contributed by atoms with Gasteiger partial charge in [0.1, 0.15) is 5.69 Å². The van der Waals surface area contributed by atoms with Crippen LogP contribution in [0.4, 0.5) is 11.4 Å². The molecule has 0 radical (unpaired) electrons. The Morgan fingerprint density at radius 2 is 1.59 bits per heavy atom. The van der Waals surface area contributed by atoms with Crippen LogP contribution in [0.5, 0.6) is 0 Å². The smallest absolute Gasteiger partial charge is 0.267 e. The summed E-state index contributed by atoms with van der Waals surface area (Å²) in [6.45, 7) is 0. The highest BCUT2D eigenvalue weighted by atomic mass is 16.6. The fraction of sp³-hybridized carbons (Fsp3) is 0. The number of para-hydroxylation sites is 1. The molecule has 0 atom stereocenters. The lowest BCUT2D eigenvalue weighted by Crippen LogP contribution is -2.17. The van der Waals surface area contributed by atoms with Crippen molar-refractivity contribution in [2.75, 3.05) is 0 Å². The van der Waals surface area contributed by atoms with E-state index in [-0.39, 0.29) is 16.9 Å². The second-order valence-electron chi connectivity index (χ2n) is 7.03. The van der Waals surface area contributed by atoms with E-state index in [0.717, 1.165) is 11.8 Å². The minimum Gasteiger partial charge on any atom is -0.267 e. The van der Waals surface area contributed by atoms with Crippen LogP contribution in [-0.2, 0) is 0 Å². The van der Waals surface area contributed by atoms with Crippen LogP contribution in [0.25, 0.3) is 16.9 Å². The molecule has 0 aliphatic carbocycles. The number of nitrogens with one attached hydrogen (secondary N) is 1. The SMILES string of the molecule is O=C(N/N=C/c1cn(-c2ccccc2)nc1-c1cccc([N+](=O)[O-])c1)c1cccc([N+](=O)[O-])c1. The normalized spacial score (nSPS) is 10.8. The van der Waals surface area contributed by atoms with E-state index in [1.807, 2.05) is 30.3 Å². The summed E-state index contributed by atoms with van der Waals surface area (Å²) in [6, 6.07) is 20.5. The van der Waals surface area contributed by atoms with Gasteiger partial charge in [0.15, 0.2) is 0 Å². The zero-order valence-corrected chi connectivity index (χ0v) is 17.4. The van der Waals surface area contributed by atoms with Crippen LogP contribution in [0.15, 0.2) is 90.2 Å². The van der Waals surface area contributed by atoms with Crippen LogP contribution in [0.2, 0.25) is 0 Å². The number of hydrazone groups is 1. The first-order valence-electron chi connectivity index (χ1n) is 9.90. The highest BCUT2D eigenvalue weighted by Gasteiger charge is 2.15. The van der Waals surface area contributed by atoms with Crippen LogP contribution in [0.3, 0.4) is 0 Å². The molecule has 0 fully saturated rings. The second kappa shape index (κ2) is 9.53. The van der Waals surface area contributed by atoms with E-state index in [2.05, 4.69) is 15.6 Å². The number of aromatic nitrogens is 2. The lowest BCUT2D eigenvalue weighted by atomic mass is 10.1. The first kappa shape index (κ1) is 22.0. The van der Waals surface area contributed by atoms with Crippen molar-refractivity contribution in [1.82, 2.24) is 15.2 Å². The Labute approximate surface area is 192 Å². The molecule has 0 saturated carbocycles. The maximum absolute atomic E-state index is 12.4. The zero-order valence-electron chi connectivity index (χ0n) is 17.4. The van der Waals surface area contributed by atoms with Gasteiger partial charge in [-0.05, 0) is 18.2 Å². The van der Waals surface area contributed by atoms with Gasteiger partial charge in [-0.25, -0.2) is 10.1 Å². The summed E-state index contributed by atoms with van der Waals surface area (Å²) in [5.41, 5.74) is 4.27. The second-order valence-corrected chi connectivity index (χ2v) is 7.03. The molecule has 1 N–H and O–H groups in total. The van der Waals surface area contributed by atoms with Crippen LogP contribution in [0, 0.1) is 20.2 Å². The third kappa shape index (κ3) is 4.83. The molecule has 0 aliphatic rings. The Hall–Kier alpha value is -5.19. The predicted molar refractivity (Wildman–Crippen MR) is 124 cm³/mol. The third-order valence-electron chi connectivity index (χ3n) is 4.78. The molecule has 11 heteroatoms. The molecule has 0 unspecified atom stereocenters. The van der Waals surface area contributed by atoms with Gasteiger partial charge in [0, 0.05) is 47.2 Å². The van der Waals surface area contributed by atoms with Crippen LogP contribution in [0.1, 0.15) is 15.9 Å². The van der Waals surface area contributed by atoms with Crippen molar-refractivity contribution in [3.8, 4) is 16.9 Å². The standard InChI is InChI=1S/C23H16N6O5/c30-23(17-7-5-11-21(13-17)29(33)34)25-24-14-18-15-27(19-8-2-1-3-9-19)26-22(18)16-6-4-10-20(12-16)28(31)32/h1-15H,(H,25,30)/b24-14+. The predicted octanol–water partition coefficient (Wildman–Crippen LogP) is 4.12. The molecule has 168 valence electrons. The number of amides is 1. The Bertz CT molecular complexity index is 1410. The van der Waals surface area contributed by atoms with E-state index in [4.69, 9.17) is 0 Å². The Kier molecular flexibility index (Phi) is 6.17. The minimum atomic E-state index is -0.632. The van der Waals surface area contributed by atoms with E-state index in [9.17, 15) is 25.0 Å². The molecule has 3 aromatic carbocycles. The quantitative estimate of drug-likeness (QED) is 0.251. The number of nitro groups is 2. The molecule has 0 spiro atoms. The van der Waals surface area contributed by atoms with E-state index < -0.39 is 15.8 Å². The van der Waals surface area contributed by atoms with Gasteiger partial charge in [0.05, 0.1) is 21.7 Å². The van der Waals surface area contributed by atoms with Crippen molar-refractivity contribution < 1.29 is 14.6 Å². The molecular formula is C23H16N6O5. The van der Waals surface area contributed by atoms with Gasteiger partial charge in [-0.15, -0.1) is 0 Å². The topological polar surface area (TPSA) is 146 Å². The fourth-order valence-electron chi connectivity index (χ4n) is 3.17. The number of hydrogen-bond acceptors (Lipinski definition) is 7. The van der Waals surface area contributed by atoms with E-state index in [1.165, 1.54) is 36.5 Å². The number of hydrogen-bond donors (Lipinski definition) is 1. The van der Waals surface area contributed by atoms with Crippen LogP contribution in [-0.4, -0.2) is 31.7 Å². The van der Waals surface area contributed by atoms with E-state index in [0.29, 0.717) is 16.8 Å². The molecule has 1 aromatic heterocycles. The van der Waals surface area contributed by atoms with Crippen molar-refractivity contribution in [3.63, 3.8) is 0 Å². The average Bonchev–Trinajstić information content (AvgIpc) is 3.29. The number of nitro benzene ring substituents is 2. The summed E-state index contributed by atoms with van der Waals surface area (Å²) in [7, 11) is 0. The van der Waals surface area contributed by atoms with Gasteiger partial charge < -0.3 is 0 Å². The summed E-state index contributed by atoms with van der Waals surface area (Å²) < 4.78 is 1.60. The fourth-order valence-corrected chi connectivity index (χ4v) is 3.17. The maximum Gasteiger partial charge on any atom is 0.271 e. The molecule has 4 aromatic rings. The lowest BCUT2D eigenvalue weighted by molar-refractivity contribution is -0.385. The van der Waals surface area contributed by atoms with E-state index >= 15 is 0 Å². The molecule has 34 heavy (non-hydrogen) atoms. The Balaban J connectivity index is 1.65. The molecule has 11 nitrogen and oxygen atoms in total. The zero-order chi connectivity index (χ0) is 24.1. The molecule has 0 aliphatic heterocycles. The molecule has 0 saturated heterocycles. The minimum absolute atomic E-state index is 0.0743. The van der Waals surface area contributed by atoms with Gasteiger partial charge in [0.25, 0.3) is 17.3 Å². The molecule has 1 amide bonds. The molecular weight excluding hydrogens is 440 g/mol. The van der Waals surface area contributed by atoms with Crippen LogP contribution >= 0.6 is 0 Å². The molecule has 0 bridgehead atoms. The van der Waals surface area contributed by atoms with Gasteiger partial charge in [-0.2, -0.15) is 10.2 Å². The van der Waals surface area contributed by atoms with Gasteiger partial charge in [0.2, 0.25) is 0 Å². The van der Waals surface area contributed by atoms with Gasteiger partial charge in [-0.3, -0.25) is 25.0 Å². The summed E-state index contributed by atoms with van der Waals surface area (Å²) in [5.74, 6) is -0.632. The van der Waals surface area contributed by atoms with Crippen molar-refractivity contribution in [1.29, 1.82) is 0 Å². The van der Waals surface area contributed by atoms with Gasteiger partial charge in [-0.1, -0.05) is 36.4 Å². The largest absolute Gasteiger partial charge is 0.271 e. The summed E-state index contributed by atoms with van der Waals surface area (Å²) in [4.78, 5) is 33.4. The summed E-state index contributed by atoms with van der Waals surface area (Å²) in [6.07, 6.45) is 3.03. The number of non-ortho nitro benzene ring substituents is 2. The first-order valence-corrected chi connectivity index (χ1v) is 9.90. The average molecular weight is 456 g/mol. The number of benzene rings is 3. The number of rotatable bonds is 7. The number of carbonyl (C=O) groups excluding carboxylic acids is 1. The number of nitrogens with zero attached hydrogens (tertiary/aromatic N) is 5. The first-order chi connectivity index (χ1) is 16.4. The van der Waals surface area contributed by atoms with Crippen molar-refractivity contribution in [2.24, 2.45) is 5.10 Å².